The van der Waals surface area contributed by atoms with E-state index in [2.05, 4.69) is 22.3 Å². The maximum atomic E-state index is 6.05. The van der Waals surface area contributed by atoms with Crippen LogP contribution < -0.4 is 5.14 Å². The van der Waals surface area contributed by atoms with Crippen molar-refractivity contribution < 1.29 is 0 Å². The highest BCUT2D eigenvalue weighted by molar-refractivity contribution is 8.10. The number of hydrogen-bond acceptors (Lipinski definition) is 4. The highest BCUT2D eigenvalue weighted by Gasteiger charge is 2.05. The molecule has 2 rings (SSSR count). The van der Waals surface area contributed by atoms with E-state index in [4.69, 9.17) is 16.7 Å². The van der Waals surface area contributed by atoms with Gasteiger partial charge in [-0.1, -0.05) is 54.1 Å². The molecule has 0 fully saturated rings. The Bertz CT molecular complexity index is 626. The third-order valence-corrected chi connectivity index (χ3v) is 3.39. The summed E-state index contributed by atoms with van der Waals surface area (Å²) in [6.45, 7) is 0. The SMILES string of the molecule is NS/C=N/N=C(\CCc1ccccc1)c1cccc(Cl)c1. The summed E-state index contributed by atoms with van der Waals surface area (Å²) in [7, 11) is 0. The average molecular weight is 318 g/mol. The van der Waals surface area contributed by atoms with Gasteiger partial charge in [-0.05, 0) is 48.0 Å². The fraction of sp³-hybridized carbons (Fsp3) is 0.125. The minimum Gasteiger partial charge on any atom is -0.273 e. The molecular weight excluding hydrogens is 302 g/mol. The Balaban J connectivity index is 2.16. The second kappa shape index (κ2) is 8.62. The van der Waals surface area contributed by atoms with Crippen LogP contribution in [-0.2, 0) is 6.42 Å². The summed E-state index contributed by atoms with van der Waals surface area (Å²) >= 11 is 7.08. The van der Waals surface area contributed by atoms with Gasteiger partial charge in [0.2, 0.25) is 0 Å². The monoisotopic (exact) mass is 317 g/mol. The van der Waals surface area contributed by atoms with Crippen molar-refractivity contribution in [2.75, 3.05) is 0 Å². The third-order valence-electron chi connectivity index (χ3n) is 2.94. The first kappa shape index (κ1) is 15.8. The summed E-state index contributed by atoms with van der Waals surface area (Å²) in [4.78, 5) is 0. The van der Waals surface area contributed by atoms with Gasteiger partial charge in [0, 0.05) is 5.02 Å². The number of nitrogens with two attached hydrogens (primary N) is 1. The molecular formula is C16H16ClN3S. The van der Waals surface area contributed by atoms with Crippen LogP contribution in [0.15, 0.2) is 64.8 Å². The lowest BCUT2D eigenvalue weighted by Crippen LogP contribution is -2.03. The Morgan fingerprint density at radius 3 is 2.67 bits per heavy atom. The van der Waals surface area contributed by atoms with Gasteiger partial charge in [0.25, 0.3) is 0 Å². The molecule has 2 aromatic carbocycles. The zero-order valence-electron chi connectivity index (χ0n) is 11.4. The molecule has 0 unspecified atom stereocenters. The van der Waals surface area contributed by atoms with Crippen LogP contribution in [0.25, 0.3) is 0 Å². The van der Waals surface area contributed by atoms with Gasteiger partial charge in [0.05, 0.1) is 11.3 Å². The number of hydrogen-bond donors (Lipinski definition) is 1. The number of benzene rings is 2. The molecule has 0 amide bonds. The first-order valence-corrected chi connectivity index (χ1v) is 7.85. The summed E-state index contributed by atoms with van der Waals surface area (Å²) in [6.07, 6.45) is 1.69. The highest BCUT2D eigenvalue weighted by atomic mass is 35.5. The van der Waals surface area contributed by atoms with Crippen LogP contribution in [0.2, 0.25) is 5.02 Å². The number of rotatable bonds is 6. The van der Waals surface area contributed by atoms with Gasteiger partial charge in [-0.3, -0.25) is 5.14 Å². The summed E-state index contributed by atoms with van der Waals surface area (Å²) in [5.74, 6) is 0. The van der Waals surface area contributed by atoms with E-state index >= 15 is 0 Å². The standard InChI is InChI=1S/C16H16ClN3S/c17-15-8-4-7-14(11-15)16(20-19-12-21-18)10-9-13-5-2-1-3-6-13/h1-8,11-12H,9-10,18H2/b19-12+,20-16+. The number of nitrogens with zero attached hydrogens (tertiary/aromatic N) is 2. The van der Waals surface area contributed by atoms with Gasteiger partial charge in [0.1, 0.15) is 0 Å². The quantitative estimate of drug-likeness (QED) is 0.373. The lowest BCUT2D eigenvalue weighted by Gasteiger charge is -2.06. The molecule has 2 aromatic rings. The van der Waals surface area contributed by atoms with Crippen molar-refractivity contribution in [3.05, 3.63) is 70.7 Å². The van der Waals surface area contributed by atoms with Crippen LogP contribution in [0.4, 0.5) is 0 Å². The molecule has 0 heterocycles. The zero-order chi connectivity index (χ0) is 14.9. The Kier molecular flexibility index (Phi) is 6.47. The summed E-state index contributed by atoms with van der Waals surface area (Å²) in [6, 6.07) is 17.9. The van der Waals surface area contributed by atoms with Crippen molar-refractivity contribution in [2.24, 2.45) is 15.3 Å². The van der Waals surface area contributed by atoms with E-state index in [1.54, 1.807) is 0 Å². The molecule has 0 radical (unpaired) electrons. The van der Waals surface area contributed by atoms with Crippen LogP contribution in [0.5, 0.6) is 0 Å². The van der Waals surface area contributed by atoms with Crippen molar-refractivity contribution in [1.82, 2.24) is 0 Å². The molecule has 0 aliphatic heterocycles. The van der Waals surface area contributed by atoms with Crippen LogP contribution >= 0.6 is 23.5 Å². The predicted molar refractivity (Wildman–Crippen MR) is 93.0 cm³/mol. The minimum absolute atomic E-state index is 0.692. The molecule has 5 heteroatoms. The van der Waals surface area contributed by atoms with E-state index in [0.717, 1.165) is 36.1 Å². The van der Waals surface area contributed by atoms with Gasteiger partial charge < -0.3 is 0 Å². The lowest BCUT2D eigenvalue weighted by atomic mass is 10.0. The van der Waals surface area contributed by atoms with Gasteiger partial charge >= 0.3 is 0 Å². The second-order valence-electron chi connectivity index (χ2n) is 4.40. The first-order chi connectivity index (χ1) is 10.3. The molecule has 3 nitrogen and oxygen atoms in total. The molecule has 0 saturated carbocycles. The van der Waals surface area contributed by atoms with Crippen molar-refractivity contribution in [2.45, 2.75) is 12.8 Å². The van der Waals surface area contributed by atoms with Crippen LogP contribution in [0.1, 0.15) is 17.5 Å². The van der Waals surface area contributed by atoms with E-state index in [1.807, 2.05) is 42.5 Å². The molecule has 0 saturated heterocycles. The lowest BCUT2D eigenvalue weighted by molar-refractivity contribution is 1.02. The minimum atomic E-state index is 0.692. The van der Waals surface area contributed by atoms with Crippen molar-refractivity contribution in [1.29, 1.82) is 0 Å². The molecule has 21 heavy (non-hydrogen) atoms. The van der Waals surface area contributed by atoms with E-state index in [0.29, 0.717) is 5.02 Å². The molecule has 2 N–H and O–H groups in total. The normalized spacial score (nSPS) is 12.0. The maximum Gasteiger partial charge on any atom is 0.0974 e. The van der Waals surface area contributed by atoms with Gasteiger partial charge in [-0.2, -0.15) is 10.2 Å². The summed E-state index contributed by atoms with van der Waals surface area (Å²) in [5, 5.41) is 14.2. The summed E-state index contributed by atoms with van der Waals surface area (Å²) in [5.41, 5.74) is 4.65. The molecule has 0 aliphatic rings. The maximum absolute atomic E-state index is 6.05. The first-order valence-electron chi connectivity index (χ1n) is 6.53. The van der Waals surface area contributed by atoms with Gasteiger partial charge in [0.15, 0.2) is 0 Å². The fourth-order valence-corrected chi connectivity index (χ4v) is 2.24. The Labute approximate surface area is 134 Å². The molecule has 0 aliphatic carbocycles. The van der Waals surface area contributed by atoms with E-state index in [1.165, 1.54) is 11.1 Å². The highest BCUT2D eigenvalue weighted by Crippen LogP contribution is 2.15. The van der Waals surface area contributed by atoms with Crippen LogP contribution in [-0.4, -0.2) is 11.3 Å². The second-order valence-corrected chi connectivity index (χ2v) is 5.32. The van der Waals surface area contributed by atoms with Crippen molar-refractivity contribution in [3.63, 3.8) is 0 Å². The van der Waals surface area contributed by atoms with E-state index in [9.17, 15) is 0 Å². The Hall–Kier alpha value is -1.62. The molecule has 108 valence electrons. The Morgan fingerprint density at radius 2 is 1.95 bits per heavy atom. The van der Waals surface area contributed by atoms with Crippen molar-refractivity contribution >= 4 is 34.8 Å². The molecule has 0 spiro atoms. The van der Waals surface area contributed by atoms with Gasteiger partial charge in [-0.15, -0.1) is 0 Å². The largest absolute Gasteiger partial charge is 0.273 e. The molecule has 0 atom stereocenters. The average Bonchev–Trinajstić information content (AvgIpc) is 2.52. The molecule has 0 aromatic heterocycles. The van der Waals surface area contributed by atoms with Gasteiger partial charge in [-0.25, -0.2) is 0 Å². The zero-order valence-corrected chi connectivity index (χ0v) is 13.0. The van der Waals surface area contributed by atoms with E-state index in [-0.39, 0.29) is 0 Å². The number of aryl methyl sites for hydroxylation is 1. The topological polar surface area (TPSA) is 50.7 Å². The fourth-order valence-electron chi connectivity index (χ4n) is 1.95. The third kappa shape index (κ3) is 5.34. The van der Waals surface area contributed by atoms with Crippen molar-refractivity contribution in [3.8, 4) is 0 Å². The van der Waals surface area contributed by atoms with E-state index < -0.39 is 0 Å². The summed E-state index contributed by atoms with van der Waals surface area (Å²) < 4.78 is 0. The molecule has 0 bridgehead atoms. The predicted octanol–water partition coefficient (Wildman–Crippen LogP) is 4.31. The smallest absolute Gasteiger partial charge is 0.0974 e. The Morgan fingerprint density at radius 1 is 1.14 bits per heavy atom. The number of halogens is 1. The van der Waals surface area contributed by atoms with Crippen LogP contribution in [0, 0.1) is 0 Å². The van der Waals surface area contributed by atoms with Crippen LogP contribution in [0.3, 0.4) is 0 Å².